The van der Waals surface area contributed by atoms with E-state index in [1.807, 2.05) is 34.9 Å². The molecule has 148 valence electrons. The zero-order valence-corrected chi connectivity index (χ0v) is 16.5. The molecule has 1 saturated heterocycles. The number of nitrogens with zero attached hydrogens (tertiary/aromatic N) is 2. The fourth-order valence-corrected chi connectivity index (χ4v) is 4.86. The molecule has 0 N–H and O–H groups in total. The number of rotatable bonds is 5. The average Bonchev–Trinajstić information content (AvgIpc) is 2.74. The Kier molecular flexibility index (Phi) is 4.94. The van der Waals surface area contributed by atoms with Gasteiger partial charge in [-0.3, -0.25) is 9.69 Å². The number of piperidine rings is 1. The van der Waals surface area contributed by atoms with Crippen molar-refractivity contribution >= 4 is 0 Å². The fraction of sp³-hybridized carbons (Fsp3) is 0.320. The van der Waals surface area contributed by atoms with Gasteiger partial charge in [-0.05, 0) is 41.7 Å². The van der Waals surface area contributed by atoms with Crippen LogP contribution >= 0.6 is 0 Å². The standard InChI is InChI=1S/C25H26N2O2/c28-25-11-5-10-24-22-12-21(16-27(24)25)15-26(17-22)14-20-8-4-9-23(13-20)29-18-19-6-2-1-3-7-19/h1-11,13,21-22H,12,14-18H2/t21-,22+/m0/s1. The van der Waals surface area contributed by atoms with Gasteiger partial charge in [0.2, 0.25) is 0 Å². The SMILES string of the molecule is O=c1cccc2n1C[C@H]1C[C@@H]2CN(Cc2cccc(OCc3ccccc3)c2)C1. The van der Waals surface area contributed by atoms with Gasteiger partial charge in [-0.25, -0.2) is 0 Å². The number of ether oxygens (including phenoxy) is 1. The zero-order chi connectivity index (χ0) is 19.6. The third-order valence-electron chi connectivity index (χ3n) is 6.11. The number of likely N-dealkylation sites (tertiary alicyclic amines) is 1. The van der Waals surface area contributed by atoms with Crippen molar-refractivity contribution in [1.82, 2.24) is 9.47 Å². The predicted octanol–water partition coefficient (Wildman–Crippen LogP) is 4.05. The molecule has 0 spiro atoms. The monoisotopic (exact) mass is 386 g/mol. The summed E-state index contributed by atoms with van der Waals surface area (Å²) in [6, 6.07) is 24.4. The van der Waals surface area contributed by atoms with Gasteiger partial charge in [0.1, 0.15) is 12.4 Å². The smallest absolute Gasteiger partial charge is 0.250 e. The van der Waals surface area contributed by atoms with Crippen LogP contribution < -0.4 is 10.3 Å². The molecule has 4 nitrogen and oxygen atoms in total. The number of hydrogen-bond acceptors (Lipinski definition) is 3. The first-order valence-corrected chi connectivity index (χ1v) is 10.4. The van der Waals surface area contributed by atoms with Gasteiger partial charge in [-0.1, -0.05) is 48.5 Å². The van der Waals surface area contributed by atoms with Crippen molar-refractivity contribution in [3.8, 4) is 5.75 Å². The molecule has 3 aromatic rings. The molecule has 2 aliphatic rings. The lowest BCUT2D eigenvalue weighted by Gasteiger charge is -2.42. The molecule has 29 heavy (non-hydrogen) atoms. The summed E-state index contributed by atoms with van der Waals surface area (Å²) in [5.74, 6) is 1.92. The molecule has 0 saturated carbocycles. The Balaban J connectivity index is 1.26. The predicted molar refractivity (Wildman–Crippen MR) is 114 cm³/mol. The van der Waals surface area contributed by atoms with Crippen molar-refractivity contribution in [3.05, 3.63) is 100.0 Å². The van der Waals surface area contributed by atoms with E-state index in [9.17, 15) is 4.79 Å². The number of hydrogen-bond donors (Lipinski definition) is 0. The quantitative estimate of drug-likeness (QED) is 0.664. The van der Waals surface area contributed by atoms with Crippen LogP contribution in [0.5, 0.6) is 5.75 Å². The van der Waals surface area contributed by atoms with Crippen molar-refractivity contribution in [2.24, 2.45) is 5.92 Å². The molecule has 2 aliphatic heterocycles. The summed E-state index contributed by atoms with van der Waals surface area (Å²) in [4.78, 5) is 14.7. The Bertz CT molecular complexity index is 1040. The van der Waals surface area contributed by atoms with Gasteiger partial charge in [0.15, 0.2) is 0 Å². The molecule has 3 heterocycles. The minimum atomic E-state index is 0.147. The molecule has 0 unspecified atom stereocenters. The Labute approximate surface area is 171 Å². The molecule has 0 radical (unpaired) electrons. The number of pyridine rings is 1. The van der Waals surface area contributed by atoms with Crippen molar-refractivity contribution in [2.75, 3.05) is 13.1 Å². The van der Waals surface area contributed by atoms with E-state index in [0.717, 1.165) is 31.9 Å². The molecular formula is C25H26N2O2. The summed E-state index contributed by atoms with van der Waals surface area (Å²) in [6.07, 6.45) is 1.19. The lowest BCUT2D eigenvalue weighted by molar-refractivity contribution is 0.114. The molecule has 1 aromatic heterocycles. The van der Waals surface area contributed by atoms with Crippen LogP contribution in [0.4, 0.5) is 0 Å². The Hall–Kier alpha value is -2.85. The molecular weight excluding hydrogens is 360 g/mol. The van der Waals surface area contributed by atoms with Crippen LogP contribution in [0.15, 0.2) is 77.6 Å². The summed E-state index contributed by atoms with van der Waals surface area (Å²) < 4.78 is 7.99. The maximum absolute atomic E-state index is 12.2. The second-order valence-electron chi connectivity index (χ2n) is 8.31. The van der Waals surface area contributed by atoms with Gasteiger partial charge < -0.3 is 9.30 Å². The summed E-state index contributed by atoms with van der Waals surface area (Å²) in [7, 11) is 0. The lowest BCUT2D eigenvalue weighted by atomic mass is 9.83. The van der Waals surface area contributed by atoms with Gasteiger partial charge in [0, 0.05) is 43.9 Å². The largest absolute Gasteiger partial charge is 0.489 e. The van der Waals surface area contributed by atoms with Crippen LogP contribution in [-0.2, 0) is 19.7 Å². The Morgan fingerprint density at radius 3 is 2.59 bits per heavy atom. The van der Waals surface area contributed by atoms with Crippen LogP contribution in [0.25, 0.3) is 0 Å². The van der Waals surface area contributed by atoms with Crippen molar-refractivity contribution < 1.29 is 4.74 Å². The van der Waals surface area contributed by atoms with E-state index in [1.54, 1.807) is 6.07 Å². The number of benzene rings is 2. The van der Waals surface area contributed by atoms with Gasteiger partial charge in [0.05, 0.1) is 0 Å². The molecule has 2 atom stereocenters. The highest BCUT2D eigenvalue weighted by Gasteiger charge is 2.34. The lowest BCUT2D eigenvalue weighted by Crippen LogP contribution is -2.46. The molecule has 5 rings (SSSR count). The fourth-order valence-electron chi connectivity index (χ4n) is 4.86. The van der Waals surface area contributed by atoms with Crippen LogP contribution in [0, 0.1) is 5.92 Å². The van der Waals surface area contributed by atoms with Crippen molar-refractivity contribution in [3.63, 3.8) is 0 Å². The number of fused-ring (bicyclic) bond motifs is 4. The highest BCUT2D eigenvalue weighted by molar-refractivity contribution is 5.29. The third kappa shape index (κ3) is 3.99. The molecule has 0 aliphatic carbocycles. The Morgan fingerprint density at radius 2 is 1.69 bits per heavy atom. The van der Waals surface area contributed by atoms with Gasteiger partial charge >= 0.3 is 0 Å². The van der Waals surface area contributed by atoms with E-state index >= 15 is 0 Å². The van der Waals surface area contributed by atoms with Crippen molar-refractivity contribution in [1.29, 1.82) is 0 Å². The van der Waals surface area contributed by atoms with Crippen LogP contribution in [-0.4, -0.2) is 22.6 Å². The highest BCUT2D eigenvalue weighted by Crippen LogP contribution is 2.35. The maximum Gasteiger partial charge on any atom is 0.250 e. The van der Waals surface area contributed by atoms with E-state index in [1.165, 1.54) is 23.2 Å². The second kappa shape index (κ2) is 7.88. The van der Waals surface area contributed by atoms with Crippen molar-refractivity contribution in [2.45, 2.75) is 32.0 Å². The first kappa shape index (κ1) is 18.2. The molecule has 4 heteroatoms. The summed E-state index contributed by atoms with van der Waals surface area (Å²) >= 11 is 0. The Morgan fingerprint density at radius 1 is 0.862 bits per heavy atom. The highest BCUT2D eigenvalue weighted by atomic mass is 16.5. The second-order valence-corrected chi connectivity index (χ2v) is 8.31. The summed E-state index contributed by atoms with van der Waals surface area (Å²) in [5, 5.41) is 0. The van der Waals surface area contributed by atoms with E-state index in [-0.39, 0.29) is 5.56 Å². The average molecular weight is 386 g/mol. The topological polar surface area (TPSA) is 34.5 Å². The summed E-state index contributed by atoms with van der Waals surface area (Å²) in [6.45, 7) is 4.42. The molecule has 2 bridgehead atoms. The van der Waals surface area contributed by atoms with Gasteiger partial charge in [0.25, 0.3) is 5.56 Å². The minimum absolute atomic E-state index is 0.147. The van der Waals surface area contributed by atoms with Gasteiger partial charge in [-0.2, -0.15) is 0 Å². The molecule has 1 fully saturated rings. The third-order valence-corrected chi connectivity index (χ3v) is 6.11. The van der Waals surface area contributed by atoms with Crippen LogP contribution in [0.3, 0.4) is 0 Å². The molecule has 2 aromatic carbocycles. The van der Waals surface area contributed by atoms with E-state index in [2.05, 4.69) is 41.3 Å². The number of aromatic nitrogens is 1. The van der Waals surface area contributed by atoms with E-state index < -0.39 is 0 Å². The normalized spacial score (nSPS) is 20.8. The van der Waals surface area contributed by atoms with Crippen LogP contribution in [0.2, 0.25) is 0 Å². The maximum atomic E-state index is 12.2. The summed E-state index contributed by atoms with van der Waals surface area (Å²) in [5.41, 5.74) is 3.81. The van der Waals surface area contributed by atoms with Crippen LogP contribution in [0.1, 0.15) is 29.2 Å². The van der Waals surface area contributed by atoms with E-state index in [4.69, 9.17) is 4.74 Å². The van der Waals surface area contributed by atoms with E-state index in [0.29, 0.717) is 18.4 Å². The molecule has 0 amide bonds. The zero-order valence-electron chi connectivity index (χ0n) is 16.5. The first-order valence-electron chi connectivity index (χ1n) is 10.4. The minimum Gasteiger partial charge on any atom is -0.489 e. The first-order chi connectivity index (χ1) is 14.2. The van der Waals surface area contributed by atoms with Gasteiger partial charge in [-0.15, -0.1) is 0 Å².